The van der Waals surface area contributed by atoms with Crippen LogP contribution in [0.25, 0.3) is 0 Å². The lowest BCUT2D eigenvalue weighted by molar-refractivity contribution is -0.127. The molecule has 7 heteroatoms. The van der Waals surface area contributed by atoms with Crippen molar-refractivity contribution in [2.75, 3.05) is 25.6 Å². The van der Waals surface area contributed by atoms with Crippen molar-refractivity contribution in [1.82, 2.24) is 10.2 Å². The molecule has 0 aromatic heterocycles. The third-order valence-corrected chi connectivity index (χ3v) is 6.24. The summed E-state index contributed by atoms with van der Waals surface area (Å²) in [7, 11) is 0. The predicted octanol–water partition coefficient (Wildman–Crippen LogP) is 3.62. The zero-order valence-corrected chi connectivity index (χ0v) is 17.2. The molecule has 2 aliphatic heterocycles. The predicted molar refractivity (Wildman–Crippen MR) is 111 cm³/mol. The second-order valence-corrected chi connectivity index (χ2v) is 8.20. The molecule has 2 aromatic carbocycles. The Balaban J connectivity index is 1.41. The van der Waals surface area contributed by atoms with Crippen molar-refractivity contribution in [3.63, 3.8) is 0 Å². The van der Waals surface area contributed by atoms with Crippen LogP contribution in [-0.2, 0) is 4.79 Å². The Morgan fingerprint density at radius 2 is 1.86 bits per heavy atom. The SMILES string of the molecule is CC(NC(=O)c1ccccc1SCC(=O)N1CCCC1)c1ccc2c(c1)OCO2. The molecule has 2 aliphatic rings. The molecule has 1 atom stereocenters. The summed E-state index contributed by atoms with van der Waals surface area (Å²) in [6.45, 7) is 3.84. The van der Waals surface area contributed by atoms with E-state index < -0.39 is 0 Å². The molecule has 29 heavy (non-hydrogen) atoms. The molecule has 1 fully saturated rings. The van der Waals surface area contributed by atoms with Crippen molar-refractivity contribution in [3.05, 3.63) is 53.6 Å². The van der Waals surface area contributed by atoms with E-state index in [2.05, 4.69) is 5.32 Å². The monoisotopic (exact) mass is 412 g/mol. The van der Waals surface area contributed by atoms with Gasteiger partial charge in [0, 0.05) is 18.0 Å². The maximum absolute atomic E-state index is 12.9. The number of carbonyl (C=O) groups excluding carboxylic acids is 2. The van der Waals surface area contributed by atoms with E-state index in [-0.39, 0.29) is 24.6 Å². The number of hydrogen-bond acceptors (Lipinski definition) is 5. The van der Waals surface area contributed by atoms with Gasteiger partial charge in [0.15, 0.2) is 11.5 Å². The standard InChI is InChI=1S/C22H24N2O4S/c1-15(16-8-9-18-19(12-16)28-14-27-18)23-22(26)17-6-2-3-7-20(17)29-13-21(25)24-10-4-5-11-24/h2-3,6-9,12,15H,4-5,10-11,13-14H2,1H3,(H,23,26). The Hall–Kier alpha value is -2.67. The molecule has 0 saturated carbocycles. The van der Waals surface area contributed by atoms with Gasteiger partial charge < -0.3 is 19.7 Å². The first-order chi connectivity index (χ1) is 14.1. The van der Waals surface area contributed by atoms with Crippen LogP contribution in [0.1, 0.15) is 41.7 Å². The second-order valence-electron chi connectivity index (χ2n) is 7.18. The Morgan fingerprint density at radius 1 is 1.10 bits per heavy atom. The van der Waals surface area contributed by atoms with Gasteiger partial charge in [-0.05, 0) is 49.6 Å². The van der Waals surface area contributed by atoms with Gasteiger partial charge in [0.05, 0.1) is 17.4 Å². The van der Waals surface area contributed by atoms with Gasteiger partial charge in [0.25, 0.3) is 5.91 Å². The molecular formula is C22H24N2O4S. The lowest BCUT2D eigenvalue weighted by atomic mass is 10.1. The van der Waals surface area contributed by atoms with Crippen molar-refractivity contribution in [3.8, 4) is 11.5 Å². The van der Waals surface area contributed by atoms with Crippen LogP contribution in [0.3, 0.4) is 0 Å². The summed E-state index contributed by atoms with van der Waals surface area (Å²) >= 11 is 1.42. The summed E-state index contributed by atoms with van der Waals surface area (Å²) in [5.74, 6) is 1.74. The number of thioether (sulfide) groups is 1. The van der Waals surface area contributed by atoms with Gasteiger partial charge in [-0.3, -0.25) is 9.59 Å². The summed E-state index contributed by atoms with van der Waals surface area (Å²) in [5, 5.41) is 3.04. The van der Waals surface area contributed by atoms with Crippen molar-refractivity contribution in [1.29, 1.82) is 0 Å². The Kier molecular flexibility index (Phi) is 5.94. The molecule has 1 unspecified atom stereocenters. The molecule has 0 bridgehead atoms. The number of hydrogen-bond donors (Lipinski definition) is 1. The normalized spacial score (nSPS) is 16.0. The average molecular weight is 413 g/mol. The van der Waals surface area contributed by atoms with Crippen LogP contribution >= 0.6 is 11.8 Å². The Bertz CT molecular complexity index is 911. The fourth-order valence-corrected chi connectivity index (χ4v) is 4.47. The molecule has 0 aliphatic carbocycles. The largest absolute Gasteiger partial charge is 0.454 e. The second kappa shape index (κ2) is 8.78. The van der Waals surface area contributed by atoms with E-state index in [4.69, 9.17) is 9.47 Å². The van der Waals surface area contributed by atoms with Gasteiger partial charge in [-0.2, -0.15) is 0 Å². The Labute approximate surface area is 174 Å². The minimum Gasteiger partial charge on any atom is -0.454 e. The number of benzene rings is 2. The topological polar surface area (TPSA) is 67.9 Å². The first-order valence-corrected chi connectivity index (χ1v) is 10.8. The maximum Gasteiger partial charge on any atom is 0.252 e. The number of fused-ring (bicyclic) bond motifs is 1. The van der Waals surface area contributed by atoms with Crippen LogP contribution in [0.15, 0.2) is 47.4 Å². The number of nitrogens with one attached hydrogen (secondary N) is 1. The Morgan fingerprint density at radius 3 is 2.69 bits per heavy atom. The van der Waals surface area contributed by atoms with E-state index in [0.29, 0.717) is 17.1 Å². The summed E-state index contributed by atoms with van der Waals surface area (Å²) in [4.78, 5) is 28.0. The minimum absolute atomic E-state index is 0.136. The number of carbonyl (C=O) groups is 2. The van der Waals surface area contributed by atoms with Gasteiger partial charge in [0.1, 0.15) is 0 Å². The first kappa shape index (κ1) is 19.6. The third-order valence-electron chi connectivity index (χ3n) is 5.19. The van der Waals surface area contributed by atoms with Crippen molar-refractivity contribution in [2.24, 2.45) is 0 Å². The van der Waals surface area contributed by atoms with Gasteiger partial charge in [-0.25, -0.2) is 0 Å². The molecule has 0 radical (unpaired) electrons. The minimum atomic E-state index is -0.193. The highest BCUT2D eigenvalue weighted by atomic mass is 32.2. The zero-order chi connectivity index (χ0) is 20.2. The van der Waals surface area contributed by atoms with Crippen LogP contribution in [0.5, 0.6) is 11.5 Å². The molecule has 0 spiro atoms. The van der Waals surface area contributed by atoms with Crippen LogP contribution in [0, 0.1) is 0 Å². The fraction of sp³-hybridized carbons (Fsp3) is 0.364. The molecule has 6 nitrogen and oxygen atoms in total. The van der Waals surface area contributed by atoms with Crippen molar-refractivity contribution in [2.45, 2.75) is 30.7 Å². The van der Waals surface area contributed by atoms with Gasteiger partial charge in [0.2, 0.25) is 12.7 Å². The van der Waals surface area contributed by atoms with Crippen LogP contribution in [0.2, 0.25) is 0 Å². The van der Waals surface area contributed by atoms with Gasteiger partial charge >= 0.3 is 0 Å². The van der Waals surface area contributed by atoms with Crippen LogP contribution in [-0.4, -0.2) is 42.3 Å². The van der Waals surface area contributed by atoms with E-state index >= 15 is 0 Å². The lowest BCUT2D eigenvalue weighted by Gasteiger charge is -2.17. The van der Waals surface area contributed by atoms with Crippen molar-refractivity contribution < 1.29 is 19.1 Å². The highest BCUT2D eigenvalue weighted by Crippen LogP contribution is 2.34. The summed E-state index contributed by atoms with van der Waals surface area (Å²) in [5.41, 5.74) is 1.52. The molecule has 1 saturated heterocycles. The molecule has 2 heterocycles. The number of ether oxygens (including phenoxy) is 2. The van der Waals surface area contributed by atoms with E-state index in [0.717, 1.165) is 42.1 Å². The molecular weight excluding hydrogens is 388 g/mol. The van der Waals surface area contributed by atoms with Gasteiger partial charge in [-0.15, -0.1) is 11.8 Å². The molecule has 4 rings (SSSR count). The highest BCUT2D eigenvalue weighted by molar-refractivity contribution is 8.00. The zero-order valence-electron chi connectivity index (χ0n) is 16.3. The van der Waals surface area contributed by atoms with E-state index in [1.54, 1.807) is 6.07 Å². The summed E-state index contributed by atoms with van der Waals surface area (Å²) in [6.07, 6.45) is 2.15. The third kappa shape index (κ3) is 4.50. The number of likely N-dealkylation sites (tertiary alicyclic amines) is 1. The quantitative estimate of drug-likeness (QED) is 0.734. The number of amides is 2. The highest BCUT2D eigenvalue weighted by Gasteiger charge is 2.21. The lowest BCUT2D eigenvalue weighted by Crippen LogP contribution is -2.29. The fourth-order valence-electron chi connectivity index (χ4n) is 3.52. The average Bonchev–Trinajstić information content (AvgIpc) is 3.43. The van der Waals surface area contributed by atoms with Gasteiger partial charge in [-0.1, -0.05) is 18.2 Å². The molecule has 2 amide bonds. The smallest absolute Gasteiger partial charge is 0.252 e. The molecule has 152 valence electrons. The first-order valence-electron chi connectivity index (χ1n) is 9.82. The van der Waals surface area contributed by atoms with Crippen LogP contribution < -0.4 is 14.8 Å². The number of rotatable bonds is 6. The maximum atomic E-state index is 12.9. The van der Waals surface area contributed by atoms with E-state index in [1.165, 1.54) is 11.8 Å². The van der Waals surface area contributed by atoms with Crippen LogP contribution in [0.4, 0.5) is 0 Å². The summed E-state index contributed by atoms with van der Waals surface area (Å²) < 4.78 is 10.8. The number of nitrogens with zero attached hydrogens (tertiary/aromatic N) is 1. The van der Waals surface area contributed by atoms with E-state index in [9.17, 15) is 9.59 Å². The van der Waals surface area contributed by atoms with Crippen molar-refractivity contribution >= 4 is 23.6 Å². The molecule has 1 N–H and O–H groups in total. The molecule has 2 aromatic rings. The summed E-state index contributed by atoms with van der Waals surface area (Å²) in [6, 6.07) is 12.9. The van der Waals surface area contributed by atoms with E-state index in [1.807, 2.05) is 48.2 Å².